The van der Waals surface area contributed by atoms with Crippen LogP contribution in [0.4, 0.5) is 11.6 Å². The zero-order valence-electron chi connectivity index (χ0n) is 18.9. The number of aromatic amines is 1. The number of imidazole rings is 1. The minimum Gasteiger partial charge on any atom is -0.331 e. The standard InChI is InChI=1S/C24H22N10/c1-15-17(18-9-11-33(3)30-18)14-34-21(15)22(27-23(31-34)24-25-10-12-32(24)2)26-20-13-19(28-29-20)16-7-5-4-6-8-16/h4-14H,1-3H3,(H2,26,27,28,29,31). The number of benzene rings is 1. The van der Waals surface area contributed by atoms with Crippen molar-refractivity contribution in [2.45, 2.75) is 6.92 Å². The quantitative estimate of drug-likeness (QED) is 0.412. The van der Waals surface area contributed by atoms with Gasteiger partial charge in [-0.3, -0.25) is 9.78 Å². The summed E-state index contributed by atoms with van der Waals surface area (Å²) in [5.41, 5.74) is 5.71. The average molecular weight is 451 g/mol. The van der Waals surface area contributed by atoms with Crippen molar-refractivity contribution in [1.29, 1.82) is 0 Å². The number of nitrogens with zero attached hydrogens (tertiary/aromatic N) is 8. The number of aromatic nitrogens is 9. The van der Waals surface area contributed by atoms with Crippen LogP contribution in [0.5, 0.6) is 0 Å². The largest absolute Gasteiger partial charge is 0.331 e. The van der Waals surface area contributed by atoms with E-state index in [0.29, 0.717) is 23.3 Å². The lowest BCUT2D eigenvalue weighted by molar-refractivity contribution is 0.770. The molecule has 5 heterocycles. The molecule has 0 fully saturated rings. The van der Waals surface area contributed by atoms with Gasteiger partial charge in [-0.15, -0.1) is 5.10 Å². The van der Waals surface area contributed by atoms with E-state index in [1.807, 2.05) is 91.2 Å². The molecular formula is C24H22N10. The van der Waals surface area contributed by atoms with Crippen LogP contribution in [0.1, 0.15) is 5.56 Å². The molecule has 0 amide bonds. The summed E-state index contributed by atoms with van der Waals surface area (Å²) in [7, 11) is 3.82. The smallest absolute Gasteiger partial charge is 0.218 e. The first-order valence-electron chi connectivity index (χ1n) is 10.8. The molecule has 6 aromatic rings. The maximum Gasteiger partial charge on any atom is 0.218 e. The second-order valence-corrected chi connectivity index (χ2v) is 8.14. The van der Waals surface area contributed by atoms with Crippen molar-refractivity contribution >= 4 is 17.2 Å². The fraction of sp³-hybridized carbons (Fsp3) is 0.125. The molecule has 0 saturated carbocycles. The first-order valence-corrected chi connectivity index (χ1v) is 10.8. The Morgan fingerprint density at radius 3 is 2.59 bits per heavy atom. The SMILES string of the molecule is Cc1c(-c2ccn(C)n2)cn2nc(-c3nccn3C)nc(Nc3cc(-c4ccccc4)[nH]n3)c12. The predicted octanol–water partition coefficient (Wildman–Crippen LogP) is 3.97. The van der Waals surface area contributed by atoms with Gasteiger partial charge in [0.1, 0.15) is 5.52 Å². The van der Waals surface area contributed by atoms with E-state index in [-0.39, 0.29) is 0 Å². The van der Waals surface area contributed by atoms with Crippen LogP contribution in [0.3, 0.4) is 0 Å². The predicted molar refractivity (Wildman–Crippen MR) is 129 cm³/mol. The van der Waals surface area contributed by atoms with E-state index in [2.05, 4.69) is 25.6 Å². The third-order valence-electron chi connectivity index (χ3n) is 5.80. The molecule has 168 valence electrons. The van der Waals surface area contributed by atoms with Gasteiger partial charge in [0.25, 0.3) is 0 Å². The molecule has 0 unspecified atom stereocenters. The zero-order valence-corrected chi connectivity index (χ0v) is 18.9. The second-order valence-electron chi connectivity index (χ2n) is 8.14. The van der Waals surface area contributed by atoms with Crippen molar-refractivity contribution in [3.63, 3.8) is 0 Å². The molecule has 10 heteroatoms. The van der Waals surface area contributed by atoms with Crippen LogP contribution in [0.15, 0.2) is 67.3 Å². The highest BCUT2D eigenvalue weighted by atomic mass is 15.3. The summed E-state index contributed by atoms with van der Waals surface area (Å²) in [5, 5.41) is 20.3. The number of anilines is 2. The fourth-order valence-corrected chi connectivity index (χ4v) is 4.08. The summed E-state index contributed by atoms with van der Waals surface area (Å²) >= 11 is 0. The Morgan fingerprint density at radius 2 is 1.85 bits per heavy atom. The minimum absolute atomic E-state index is 0.504. The van der Waals surface area contributed by atoms with Gasteiger partial charge in [0.2, 0.25) is 5.82 Å². The number of hydrogen-bond acceptors (Lipinski definition) is 6. The molecule has 0 aliphatic rings. The van der Waals surface area contributed by atoms with Gasteiger partial charge in [-0.2, -0.15) is 10.2 Å². The zero-order chi connectivity index (χ0) is 23.2. The summed E-state index contributed by atoms with van der Waals surface area (Å²) in [5.74, 6) is 2.47. The van der Waals surface area contributed by atoms with Crippen molar-refractivity contribution in [1.82, 2.24) is 44.1 Å². The molecule has 0 radical (unpaired) electrons. The number of aryl methyl sites for hydroxylation is 3. The van der Waals surface area contributed by atoms with E-state index in [4.69, 9.17) is 10.1 Å². The third-order valence-corrected chi connectivity index (χ3v) is 5.80. The lowest BCUT2D eigenvalue weighted by Gasteiger charge is -2.09. The molecule has 0 saturated heterocycles. The van der Waals surface area contributed by atoms with Gasteiger partial charge in [-0.1, -0.05) is 30.3 Å². The van der Waals surface area contributed by atoms with Crippen molar-refractivity contribution in [2.75, 3.05) is 5.32 Å². The first kappa shape index (κ1) is 19.9. The van der Waals surface area contributed by atoms with Gasteiger partial charge < -0.3 is 9.88 Å². The van der Waals surface area contributed by atoms with Gasteiger partial charge in [-0.25, -0.2) is 14.5 Å². The van der Waals surface area contributed by atoms with Crippen LogP contribution in [0.2, 0.25) is 0 Å². The molecule has 34 heavy (non-hydrogen) atoms. The van der Waals surface area contributed by atoms with Crippen LogP contribution >= 0.6 is 0 Å². The van der Waals surface area contributed by atoms with Crippen molar-refractivity contribution in [3.05, 3.63) is 72.8 Å². The van der Waals surface area contributed by atoms with Crippen LogP contribution in [-0.2, 0) is 14.1 Å². The second kappa shape index (κ2) is 7.69. The Bertz CT molecular complexity index is 1620. The Morgan fingerprint density at radius 1 is 1.00 bits per heavy atom. The average Bonchev–Trinajstić information content (AvgIpc) is 3.62. The fourth-order valence-electron chi connectivity index (χ4n) is 4.08. The van der Waals surface area contributed by atoms with Crippen LogP contribution in [0, 0.1) is 6.92 Å². The minimum atomic E-state index is 0.504. The monoisotopic (exact) mass is 450 g/mol. The van der Waals surface area contributed by atoms with E-state index in [1.165, 1.54) is 0 Å². The maximum atomic E-state index is 4.85. The van der Waals surface area contributed by atoms with E-state index < -0.39 is 0 Å². The highest BCUT2D eigenvalue weighted by molar-refractivity contribution is 5.84. The lowest BCUT2D eigenvalue weighted by atomic mass is 10.1. The van der Waals surface area contributed by atoms with Gasteiger partial charge >= 0.3 is 0 Å². The molecule has 0 atom stereocenters. The lowest BCUT2D eigenvalue weighted by Crippen LogP contribution is -2.06. The summed E-state index contributed by atoms with van der Waals surface area (Å²) in [6.45, 7) is 2.05. The van der Waals surface area contributed by atoms with Crippen LogP contribution in [0.25, 0.3) is 39.7 Å². The maximum absolute atomic E-state index is 4.85. The molecule has 5 aromatic heterocycles. The highest BCUT2D eigenvalue weighted by Gasteiger charge is 2.20. The molecule has 1 aromatic carbocycles. The van der Waals surface area contributed by atoms with Gasteiger partial charge in [0, 0.05) is 50.5 Å². The van der Waals surface area contributed by atoms with Crippen LogP contribution in [-0.4, -0.2) is 44.1 Å². The Kier molecular flexibility index (Phi) is 4.51. The van der Waals surface area contributed by atoms with Gasteiger partial charge in [0.05, 0.1) is 11.4 Å². The van der Waals surface area contributed by atoms with E-state index in [1.54, 1.807) is 10.9 Å². The first-order chi connectivity index (χ1) is 16.6. The van der Waals surface area contributed by atoms with E-state index >= 15 is 0 Å². The highest BCUT2D eigenvalue weighted by Crippen LogP contribution is 2.32. The number of fused-ring (bicyclic) bond motifs is 1. The molecule has 0 bridgehead atoms. The Balaban J connectivity index is 1.49. The number of H-pyrrole nitrogens is 1. The summed E-state index contributed by atoms with van der Waals surface area (Å²) in [6, 6.07) is 14.0. The van der Waals surface area contributed by atoms with Gasteiger partial charge in [0.15, 0.2) is 17.5 Å². The summed E-state index contributed by atoms with van der Waals surface area (Å²) < 4.78 is 5.52. The molecule has 2 N–H and O–H groups in total. The number of hydrogen-bond donors (Lipinski definition) is 2. The molecule has 0 spiro atoms. The number of nitrogens with one attached hydrogen (secondary N) is 2. The van der Waals surface area contributed by atoms with E-state index in [0.717, 1.165) is 33.6 Å². The topological polar surface area (TPSA) is 107 Å². The Labute approximate surface area is 194 Å². The van der Waals surface area contributed by atoms with Crippen molar-refractivity contribution in [2.24, 2.45) is 14.1 Å². The summed E-state index contributed by atoms with van der Waals surface area (Å²) in [6.07, 6.45) is 7.51. The molecule has 6 rings (SSSR count). The van der Waals surface area contributed by atoms with Gasteiger partial charge in [-0.05, 0) is 24.1 Å². The van der Waals surface area contributed by atoms with E-state index in [9.17, 15) is 0 Å². The van der Waals surface area contributed by atoms with Crippen molar-refractivity contribution in [3.8, 4) is 34.2 Å². The summed E-state index contributed by atoms with van der Waals surface area (Å²) in [4.78, 5) is 9.28. The molecule has 10 nitrogen and oxygen atoms in total. The van der Waals surface area contributed by atoms with Crippen molar-refractivity contribution < 1.29 is 0 Å². The molecule has 0 aliphatic heterocycles. The normalized spacial score (nSPS) is 11.4. The van der Waals surface area contributed by atoms with Crippen LogP contribution < -0.4 is 5.32 Å². The number of rotatable bonds is 5. The Hall–Kier alpha value is -4.73. The molecule has 0 aliphatic carbocycles. The third kappa shape index (κ3) is 3.32. The molecular weight excluding hydrogens is 428 g/mol.